The Morgan fingerprint density at radius 3 is 2.96 bits per heavy atom. The number of aliphatic imine (C=N–C) groups is 1. The van der Waals surface area contributed by atoms with E-state index in [1.807, 2.05) is 30.3 Å². The smallest absolute Gasteiger partial charge is 0.394 e. The Morgan fingerprint density at radius 2 is 2.25 bits per heavy atom. The number of aliphatic hydroxyl groups excluding tert-OH is 1. The van der Waals surface area contributed by atoms with Crippen LogP contribution < -0.4 is 5.32 Å². The molecule has 2 heterocycles. The summed E-state index contributed by atoms with van der Waals surface area (Å²) in [6.45, 7) is 0.316. The molecule has 0 spiro atoms. The summed E-state index contributed by atoms with van der Waals surface area (Å²) in [6.07, 6.45) is -0.635. The first kappa shape index (κ1) is 17.2. The minimum Gasteiger partial charge on any atom is -0.394 e. The maximum Gasteiger partial charge on any atom is 0.414 e. The maximum absolute atomic E-state index is 11.3. The SMILES string of the molecule is CNC(=O)OC1=N[C@@H]2C[C@H](OCc3ccccc3)[C@@H](CO)O[C@@H]2S1. The molecule has 130 valence electrons. The van der Waals surface area contributed by atoms with Crippen LogP contribution in [-0.4, -0.2) is 53.8 Å². The fraction of sp³-hybridized carbons (Fsp3) is 0.500. The molecule has 2 N–H and O–H groups in total. The molecule has 0 bridgehead atoms. The average molecular weight is 352 g/mol. The molecular formula is C16H20N2O5S. The van der Waals surface area contributed by atoms with Gasteiger partial charge in [-0.3, -0.25) is 0 Å². The number of aliphatic hydroxyl groups is 1. The third kappa shape index (κ3) is 4.07. The van der Waals surface area contributed by atoms with Gasteiger partial charge in [0, 0.05) is 13.5 Å². The minimum absolute atomic E-state index is 0.130. The van der Waals surface area contributed by atoms with Crippen molar-refractivity contribution in [3.8, 4) is 0 Å². The maximum atomic E-state index is 11.3. The first-order valence-electron chi connectivity index (χ1n) is 7.75. The van der Waals surface area contributed by atoms with Crippen LogP contribution in [0.3, 0.4) is 0 Å². The van der Waals surface area contributed by atoms with Gasteiger partial charge < -0.3 is 24.6 Å². The number of nitrogens with one attached hydrogen (secondary N) is 1. The van der Waals surface area contributed by atoms with Crippen LogP contribution in [0.1, 0.15) is 12.0 Å². The van der Waals surface area contributed by atoms with E-state index in [0.29, 0.717) is 13.0 Å². The Balaban J connectivity index is 1.60. The van der Waals surface area contributed by atoms with Crippen LogP contribution in [0.4, 0.5) is 4.79 Å². The van der Waals surface area contributed by atoms with Crippen molar-refractivity contribution < 1.29 is 24.1 Å². The molecule has 1 fully saturated rings. The third-order valence-electron chi connectivity index (χ3n) is 3.87. The van der Waals surface area contributed by atoms with Crippen molar-refractivity contribution in [2.75, 3.05) is 13.7 Å². The van der Waals surface area contributed by atoms with Crippen LogP contribution in [-0.2, 0) is 20.8 Å². The lowest BCUT2D eigenvalue weighted by atomic mass is 10.0. The van der Waals surface area contributed by atoms with E-state index in [0.717, 1.165) is 5.56 Å². The molecule has 2 aliphatic heterocycles. The standard InChI is InChI=1S/C16H20N2O5S/c1-17-15(20)23-16-18-11-7-12(13(8-19)22-14(11)24-16)21-9-10-5-3-2-4-6-10/h2-6,11-14,19H,7-9H2,1H3,(H,17,20)/t11-,12+,13-,14-/m1/s1. The van der Waals surface area contributed by atoms with Crippen LogP contribution in [0.25, 0.3) is 0 Å². The zero-order chi connectivity index (χ0) is 16.9. The number of carbonyl (C=O) groups is 1. The molecular weight excluding hydrogens is 332 g/mol. The third-order valence-corrected chi connectivity index (χ3v) is 4.92. The van der Waals surface area contributed by atoms with Crippen LogP contribution in [0, 0.1) is 0 Å². The molecule has 0 unspecified atom stereocenters. The zero-order valence-electron chi connectivity index (χ0n) is 13.3. The van der Waals surface area contributed by atoms with E-state index in [1.54, 1.807) is 0 Å². The normalized spacial score (nSPS) is 28.8. The molecule has 0 aromatic heterocycles. The fourth-order valence-corrected chi connectivity index (χ4v) is 3.68. The summed E-state index contributed by atoms with van der Waals surface area (Å²) in [4.78, 5) is 15.7. The summed E-state index contributed by atoms with van der Waals surface area (Å²) in [5, 5.41) is 12.2. The fourth-order valence-electron chi connectivity index (χ4n) is 2.63. The van der Waals surface area contributed by atoms with Gasteiger partial charge >= 0.3 is 6.09 Å². The number of ether oxygens (including phenoxy) is 3. The topological polar surface area (TPSA) is 89.4 Å². The highest BCUT2D eigenvalue weighted by atomic mass is 32.2. The van der Waals surface area contributed by atoms with Gasteiger partial charge in [-0.25, -0.2) is 9.79 Å². The first-order valence-corrected chi connectivity index (χ1v) is 8.63. The highest BCUT2D eigenvalue weighted by Gasteiger charge is 2.43. The Hall–Kier alpha value is -1.61. The Bertz CT molecular complexity index is 597. The van der Waals surface area contributed by atoms with Crippen molar-refractivity contribution in [1.29, 1.82) is 0 Å². The van der Waals surface area contributed by atoms with Crippen molar-refractivity contribution in [3.63, 3.8) is 0 Å². The number of thioether (sulfide) groups is 1. The van der Waals surface area contributed by atoms with E-state index in [1.165, 1.54) is 18.8 Å². The summed E-state index contributed by atoms with van der Waals surface area (Å²) in [5.41, 5.74) is 0.794. The number of carbonyl (C=O) groups excluding carboxylic acids is 1. The van der Waals surface area contributed by atoms with Crippen LogP contribution >= 0.6 is 11.8 Å². The van der Waals surface area contributed by atoms with E-state index in [2.05, 4.69) is 10.3 Å². The van der Waals surface area contributed by atoms with E-state index < -0.39 is 12.2 Å². The van der Waals surface area contributed by atoms with E-state index in [-0.39, 0.29) is 29.4 Å². The van der Waals surface area contributed by atoms with Gasteiger partial charge in [0.05, 0.1) is 25.4 Å². The number of nitrogens with zero attached hydrogens (tertiary/aromatic N) is 1. The quantitative estimate of drug-likeness (QED) is 0.854. The predicted octanol–water partition coefficient (Wildman–Crippen LogP) is 1.51. The van der Waals surface area contributed by atoms with Crippen molar-refractivity contribution in [3.05, 3.63) is 35.9 Å². The summed E-state index contributed by atoms with van der Waals surface area (Å²) < 4.78 is 16.9. The van der Waals surface area contributed by atoms with Gasteiger partial charge in [-0.1, -0.05) is 30.3 Å². The summed E-state index contributed by atoms with van der Waals surface area (Å²) in [7, 11) is 1.49. The van der Waals surface area contributed by atoms with Gasteiger partial charge in [-0.05, 0) is 17.3 Å². The number of benzene rings is 1. The minimum atomic E-state index is -0.560. The molecule has 24 heavy (non-hydrogen) atoms. The summed E-state index contributed by atoms with van der Waals surface area (Å²) >= 11 is 1.25. The second kappa shape index (κ2) is 7.98. The number of hydrogen-bond acceptors (Lipinski definition) is 7. The van der Waals surface area contributed by atoms with Gasteiger partial charge in [0.25, 0.3) is 5.23 Å². The van der Waals surface area contributed by atoms with E-state index >= 15 is 0 Å². The zero-order valence-corrected chi connectivity index (χ0v) is 14.1. The number of alkyl carbamates (subject to hydrolysis) is 1. The molecule has 0 saturated carbocycles. The van der Waals surface area contributed by atoms with Gasteiger partial charge in [-0.2, -0.15) is 0 Å². The Kier molecular flexibility index (Phi) is 5.72. The molecule has 1 amide bonds. The molecule has 1 saturated heterocycles. The van der Waals surface area contributed by atoms with Crippen LogP contribution in [0.5, 0.6) is 0 Å². The Morgan fingerprint density at radius 1 is 1.46 bits per heavy atom. The molecule has 1 aromatic rings. The molecule has 7 nitrogen and oxygen atoms in total. The Labute approximate surface area is 144 Å². The van der Waals surface area contributed by atoms with E-state index in [4.69, 9.17) is 14.2 Å². The monoisotopic (exact) mass is 352 g/mol. The van der Waals surface area contributed by atoms with E-state index in [9.17, 15) is 9.90 Å². The van der Waals surface area contributed by atoms with Crippen LogP contribution in [0.2, 0.25) is 0 Å². The number of rotatable bonds is 4. The average Bonchev–Trinajstić information content (AvgIpc) is 3.00. The van der Waals surface area contributed by atoms with Gasteiger partial charge in [0.2, 0.25) is 0 Å². The summed E-state index contributed by atoms with van der Waals surface area (Å²) in [6, 6.07) is 9.68. The number of fused-ring (bicyclic) bond motifs is 1. The number of hydrogen-bond donors (Lipinski definition) is 2. The van der Waals surface area contributed by atoms with Crippen LogP contribution in [0.15, 0.2) is 35.3 Å². The molecule has 1 aromatic carbocycles. The lowest BCUT2D eigenvalue weighted by Crippen LogP contribution is -2.46. The highest BCUT2D eigenvalue weighted by Crippen LogP contribution is 2.37. The largest absolute Gasteiger partial charge is 0.414 e. The van der Waals surface area contributed by atoms with Crippen molar-refractivity contribution >= 4 is 23.1 Å². The van der Waals surface area contributed by atoms with Crippen molar-refractivity contribution in [2.45, 2.75) is 36.7 Å². The predicted molar refractivity (Wildman–Crippen MR) is 89.7 cm³/mol. The summed E-state index contributed by atoms with van der Waals surface area (Å²) in [5.74, 6) is 0. The van der Waals surface area contributed by atoms with Gasteiger partial charge in [0.1, 0.15) is 11.5 Å². The van der Waals surface area contributed by atoms with Gasteiger partial charge in [-0.15, -0.1) is 0 Å². The molecule has 0 radical (unpaired) electrons. The molecule has 3 rings (SSSR count). The van der Waals surface area contributed by atoms with Crippen molar-refractivity contribution in [1.82, 2.24) is 5.32 Å². The molecule has 2 aliphatic rings. The lowest BCUT2D eigenvalue weighted by molar-refractivity contribution is -0.140. The molecule has 8 heteroatoms. The number of amides is 1. The first-order chi connectivity index (χ1) is 11.7. The second-order valence-corrected chi connectivity index (χ2v) is 6.57. The second-order valence-electron chi connectivity index (χ2n) is 5.52. The van der Waals surface area contributed by atoms with Gasteiger partial charge in [0.15, 0.2) is 0 Å². The molecule has 4 atom stereocenters. The molecule has 0 aliphatic carbocycles. The lowest BCUT2D eigenvalue weighted by Gasteiger charge is -2.36. The van der Waals surface area contributed by atoms with Crippen molar-refractivity contribution in [2.24, 2.45) is 4.99 Å². The highest BCUT2D eigenvalue weighted by molar-refractivity contribution is 8.14.